The molecule has 34 heavy (non-hydrogen) atoms. The van der Waals surface area contributed by atoms with Crippen LogP contribution < -0.4 is 15.7 Å². The Kier molecular flexibility index (Phi) is 7.67. The smallest absolute Gasteiger partial charge is 0.267 e. The molecule has 0 saturated heterocycles. The summed E-state index contributed by atoms with van der Waals surface area (Å²) in [5.41, 5.74) is 5.03. The number of nitrogens with zero attached hydrogens (tertiary/aromatic N) is 4. The van der Waals surface area contributed by atoms with Crippen molar-refractivity contribution in [3.05, 3.63) is 94.8 Å². The number of nitrogens with one attached hydrogen (secondary N) is 1. The molecule has 174 valence electrons. The van der Waals surface area contributed by atoms with Crippen LogP contribution >= 0.6 is 0 Å². The number of hydrogen-bond donors (Lipinski definition) is 1. The number of rotatable bonds is 10. The molecule has 1 aromatic heterocycles. The lowest BCUT2D eigenvalue weighted by molar-refractivity contribution is 0.223. The first-order valence-electron chi connectivity index (χ1n) is 11.5. The Hall–Kier alpha value is -3.97. The Morgan fingerprint density at radius 1 is 0.971 bits per heavy atom. The van der Waals surface area contributed by atoms with Crippen molar-refractivity contribution >= 4 is 23.1 Å². The lowest BCUT2D eigenvalue weighted by atomic mass is 10.2. The lowest BCUT2D eigenvalue weighted by Gasteiger charge is -2.17. The van der Waals surface area contributed by atoms with E-state index in [0.29, 0.717) is 23.5 Å². The molecule has 0 amide bonds. The van der Waals surface area contributed by atoms with E-state index in [4.69, 9.17) is 4.74 Å². The summed E-state index contributed by atoms with van der Waals surface area (Å²) in [4.78, 5) is 20.2. The average Bonchev–Trinajstić information content (AvgIpc) is 2.88. The van der Waals surface area contributed by atoms with E-state index in [9.17, 15) is 4.79 Å². The second-order valence-corrected chi connectivity index (χ2v) is 7.74. The van der Waals surface area contributed by atoms with Crippen LogP contribution in [0.3, 0.4) is 0 Å². The minimum Gasteiger partial charge on any atom is -0.492 e. The van der Waals surface area contributed by atoms with E-state index in [1.165, 1.54) is 4.57 Å². The third-order valence-corrected chi connectivity index (χ3v) is 5.62. The van der Waals surface area contributed by atoms with Crippen LogP contribution in [-0.2, 0) is 0 Å². The van der Waals surface area contributed by atoms with Gasteiger partial charge in [-0.05, 0) is 67.2 Å². The summed E-state index contributed by atoms with van der Waals surface area (Å²) in [5, 5.41) is 4.89. The van der Waals surface area contributed by atoms with Gasteiger partial charge in [-0.25, -0.2) is 15.0 Å². The number of likely N-dealkylation sites (N-methyl/N-ethyl adjacent to an activating group) is 1. The summed E-state index contributed by atoms with van der Waals surface area (Å²) in [6.45, 7) is 7.90. The second-order valence-electron chi connectivity index (χ2n) is 7.74. The first kappa shape index (κ1) is 23.2. The van der Waals surface area contributed by atoms with E-state index in [1.807, 2.05) is 72.8 Å². The van der Waals surface area contributed by atoms with Crippen LogP contribution in [0.4, 0.5) is 5.95 Å². The molecule has 0 aliphatic rings. The highest BCUT2D eigenvalue weighted by molar-refractivity contribution is 5.81. The number of hydrazone groups is 1. The van der Waals surface area contributed by atoms with Crippen LogP contribution in [0, 0.1) is 0 Å². The molecule has 1 heterocycles. The molecule has 0 unspecified atom stereocenters. The largest absolute Gasteiger partial charge is 0.492 e. The maximum atomic E-state index is 13.2. The fourth-order valence-corrected chi connectivity index (χ4v) is 3.67. The number of aromatic nitrogens is 2. The standard InChI is InChI=1S/C27H29N5O2/c1-3-31(4-2)18-19-34-23-16-14-21(15-17-23)20-28-30-27-29-25-13-9-8-12-24(25)26(33)32(27)22-10-6-5-7-11-22/h5-17,20H,3-4,18-19H2,1-2H3,(H,29,30)/b28-20+. The van der Waals surface area contributed by atoms with Crippen LogP contribution in [-0.4, -0.2) is 46.9 Å². The Bertz CT molecular complexity index is 1300. The number of benzene rings is 3. The van der Waals surface area contributed by atoms with Crippen LogP contribution in [0.25, 0.3) is 16.6 Å². The van der Waals surface area contributed by atoms with Crippen molar-refractivity contribution in [2.75, 3.05) is 31.7 Å². The van der Waals surface area contributed by atoms with Gasteiger partial charge in [0.15, 0.2) is 0 Å². The van der Waals surface area contributed by atoms with E-state index in [1.54, 1.807) is 12.3 Å². The highest BCUT2D eigenvalue weighted by Crippen LogP contribution is 2.16. The molecule has 0 fully saturated rings. The van der Waals surface area contributed by atoms with E-state index < -0.39 is 0 Å². The third-order valence-electron chi connectivity index (χ3n) is 5.62. The number of ether oxygens (including phenoxy) is 1. The molecule has 4 aromatic rings. The van der Waals surface area contributed by atoms with Crippen LogP contribution in [0.1, 0.15) is 19.4 Å². The zero-order valence-electron chi connectivity index (χ0n) is 19.5. The summed E-state index contributed by atoms with van der Waals surface area (Å²) >= 11 is 0. The minimum absolute atomic E-state index is 0.152. The molecule has 1 N–H and O–H groups in total. The Balaban J connectivity index is 1.50. The predicted octanol–water partition coefficient (Wildman–Crippen LogP) is 4.55. The molecule has 0 saturated carbocycles. The van der Waals surface area contributed by atoms with Crippen molar-refractivity contribution in [2.24, 2.45) is 5.10 Å². The Morgan fingerprint density at radius 2 is 1.68 bits per heavy atom. The van der Waals surface area contributed by atoms with Crippen LogP contribution in [0.2, 0.25) is 0 Å². The van der Waals surface area contributed by atoms with Gasteiger partial charge in [-0.3, -0.25) is 4.79 Å². The number of fused-ring (bicyclic) bond motifs is 1. The van der Waals surface area contributed by atoms with Gasteiger partial charge in [0.2, 0.25) is 5.95 Å². The van der Waals surface area contributed by atoms with Gasteiger partial charge in [-0.1, -0.05) is 44.2 Å². The molecule has 0 aliphatic heterocycles. The summed E-state index contributed by atoms with van der Waals surface area (Å²) in [6, 6.07) is 24.4. The summed E-state index contributed by atoms with van der Waals surface area (Å²) < 4.78 is 7.37. The Morgan fingerprint density at radius 3 is 2.41 bits per heavy atom. The predicted molar refractivity (Wildman–Crippen MR) is 138 cm³/mol. The number of hydrogen-bond acceptors (Lipinski definition) is 6. The molecule has 3 aromatic carbocycles. The van der Waals surface area contributed by atoms with Gasteiger partial charge in [-0.2, -0.15) is 5.10 Å². The maximum absolute atomic E-state index is 13.2. The van der Waals surface area contributed by atoms with Gasteiger partial charge >= 0.3 is 0 Å². The topological polar surface area (TPSA) is 71.8 Å². The molecular formula is C27H29N5O2. The van der Waals surface area contributed by atoms with Crippen molar-refractivity contribution in [1.29, 1.82) is 0 Å². The van der Waals surface area contributed by atoms with Crippen molar-refractivity contribution in [1.82, 2.24) is 14.5 Å². The SMILES string of the molecule is CCN(CC)CCOc1ccc(/C=N/Nc2nc3ccccc3c(=O)n2-c2ccccc2)cc1. The molecule has 0 radical (unpaired) electrons. The number of para-hydroxylation sites is 2. The van der Waals surface area contributed by atoms with Gasteiger partial charge in [0.05, 0.1) is 22.8 Å². The average molecular weight is 456 g/mol. The lowest BCUT2D eigenvalue weighted by Crippen LogP contribution is -2.27. The summed E-state index contributed by atoms with van der Waals surface area (Å²) in [6.07, 6.45) is 1.69. The quantitative estimate of drug-likeness (QED) is 0.281. The fourth-order valence-electron chi connectivity index (χ4n) is 3.67. The second kappa shape index (κ2) is 11.2. The highest BCUT2D eigenvalue weighted by Gasteiger charge is 2.12. The van der Waals surface area contributed by atoms with Crippen LogP contribution in [0.15, 0.2) is 88.8 Å². The normalized spacial score (nSPS) is 11.4. The van der Waals surface area contributed by atoms with E-state index >= 15 is 0 Å². The fraction of sp³-hybridized carbons (Fsp3) is 0.222. The Labute approximate surface area is 199 Å². The van der Waals surface area contributed by atoms with Gasteiger partial charge < -0.3 is 9.64 Å². The highest BCUT2D eigenvalue weighted by atomic mass is 16.5. The maximum Gasteiger partial charge on any atom is 0.267 e. The molecule has 7 nitrogen and oxygen atoms in total. The molecule has 0 bridgehead atoms. The summed E-state index contributed by atoms with van der Waals surface area (Å²) in [5.74, 6) is 1.17. The summed E-state index contributed by atoms with van der Waals surface area (Å²) in [7, 11) is 0. The number of anilines is 1. The third kappa shape index (κ3) is 5.50. The molecular weight excluding hydrogens is 426 g/mol. The van der Waals surface area contributed by atoms with E-state index in [-0.39, 0.29) is 5.56 Å². The van der Waals surface area contributed by atoms with Crippen molar-refractivity contribution in [3.63, 3.8) is 0 Å². The molecule has 7 heteroatoms. The molecule has 0 aliphatic carbocycles. The van der Waals surface area contributed by atoms with Crippen molar-refractivity contribution in [2.45, 2.75) is 13.8 Å². The molecule has 0 atom stereocenters. The zero-order chi connectivity index (χ0) is 23.8. The monoisotopic (exact) mass is 455 g/mol. The molecule has 4 rings (SSSR count). The van der Waals surface area contributed by atoms with E-state index in [0.717, 1.165) is 36.6 Å². The zero-order valence-corrected chi connectivity index (χ0v) is 19.5. The van der Waals surface area contributed by atoms with Gasteiger partial charge in [0, 0.05) is 6.54 Å². The van der Waals surface area contributed by atoms with Gasteiger partial charge in [0.25, 0.3) is 5.56 Å². The molecule has 0 spiro atoms. The minimum atomic E-state index is -0.152. The van der Waals surface area contributed by atoms with Crippen molar-refractivity contribution < 1.29 is 4.74 Å². The van der Waals surface area contributed by atoms with Gasteiger partial charge in [-0.15, -0.1) is 0 Å². The van der Waals surface area contributed by atoms with E-state index in [2.05, 4.69) is 34.3 Å². The first-order chi connectivity index (χ1) is 16.7. The van der Waals surface area contributed by atoms with Crippen LogP contribution in [0.5, 0.6) is 5.75 Å². The van der Waals surface area contributed by atoms with Gasteiger partial charge in [0.1, 0.15) is 12.4 Å². The first-order valence-corrected chi connectivity index (χ1v) is 11.5. The van der Waals surface area contributed by atoms with Crippen molar-refractivity contribution in [3.8, 4) is 11.4 Å².